The molecule has 0 bridgehead atoms. The first kappa shape index (κ1) is 14.5. The maximum absolute atomic E-state index is 9.42. The molecule has 4 unspecified atom stereocenters. The molecule has 5 heteroatoms. The number of aliphatic hydroxyl groups excluding tert-OH is 4. The van der Waals surface area contributed by atoms with Gasteiger partial charge in [0.25, 0.3) is 0 Å². The molecule has 0 aromatic carbocycles. The van der Waals surface area contributed by atoms with Gasteiger partial charge in [0, 0.05) is 0 Å². The molecule has 0 spiro atoms. The van der Waals surface area contributed by atoms with Gasteiger partial charge in [0.15, 0.2) is 0 Å². The minimum Gasteiger partial charge on any atom is -0.390 e. The minimum absolute atomic E-state index is 0.110. The van der Waals surface area contributed by atoms with Crippen LogP contribution in [0.2, 0.25) is 0 Å². The molecular weight excluding hydrogens is 200 g/mol. The van der Waals surface area contributed by atoms with Crippen LogP contribution >= 0.6 is 0 Å². The van der Waals surface area contributed by atoms with E-state index in [2.05, 4.69) is 6.58 Å². The molecule has 0 fully saturated rings. The van der Waals surface area contributed by atoms with Gasteiger partial charge in [-0.15, -0.1) is 6.58 Å². The lowest BCUT2D eigenvalue weighted by Crippen LogP contribution is -2.45. The molecule has 0 amide bonds. The standard InChI is InChI=1S/C10H20O5/c1-3-5-15-6-8(12)10(14)9(13)7(11)4-2/h3,7-14H,1,4-6H2,2H3. The van der Waals surface area contributed by atoms with E-state index in [0.29, 0.717) is 6.42 Å². The highest BCUT2D eigenvalue weighted by atomic mass is 16.5. The molecule has 0 heterocycles. The van der Waals surface area contributed by atoms with E-state index in [1.54, 1.807) is 6.92 Å². The van der Waals surface area contributed by atoms with Gasteiger partial charge in [-0.3, -0.25) is 0 Å². The largest absolute Gasteiger partial charge is 0.390 e. The zero-order valence-corrected chi connectivity index (χ0v) is 8.91. The third-order valence-electron chi connectivity index (χ3n) is 2.08. The van der Waals surface area contributed by atoms with Crippen molar-refractivity contribution in [1.29, 1.82) is 0 Å². The number of hydrogen-bond acceptors (Lipinski definition) is 5. The molecule has 0 aromatic rings. The average molecular weight is 220 g/mol. The fourth-order valence-corrected chi connectivity index (χ4v) is 1.07. The van der Waals surface area contributed by atoms with Crippen LogP contribution in [0.5, 0.6) is 0 Å². The van der Waals surface area contributed by atoms with Crippen LogP contribution in [0, 0.1) is 0 Å². The average Bonchev–Trinajstić information content (AvgIpc) is 2.26. The lowest BCUT2D eigenvalue weighted by molar-refractivity contribution is -0.120. The Bertz CT molecular complexity index is 173. The highest BCUT2D eigenvalue weighted by Crippen LogP contribution is 2.07. The van der Waals surface area contributed by atoms with Crippen LogP contribution in [-0.4, -0.2) is 58.1 Å². The molecule has 0 rings (SSSR count). The summed E-state index contributed by atoms with van der Waals surface area (Å²) >= 11 is 0. The van der Waals surface area contributed by atoms with Gasteiger partial charge in [0.2, 0.25) is 0 Å². The Labute approximate surface area is 89.6 Å². The maximum Gasteiger partial charge on any atom is 0.110 e. The quantitative estimate of drug-likeness (QED) is 0.312. The van der Waals surface area contributed by atoms with Crippen molar-refractivity contribution >= 4 is 0 Å². The Morgan fingerprint density at radius 3 is 2.13 bits per heavy atom. The van der Waals surface area contributed by atoms with Crippen molar-refractivity contribution in [2.24, 2.45) is 0 Å². The monoisotopic (exact) mass is 220 g/mol. The van der Waals surface area contributed by atoms with Crippen LogP contribution in [0.1, 0.15) is 13.3 Å². The normalized spacial score (nSPS) is 19.3. The van der Waals surface area contributed by atoms with Crippen molar-refractivity contribution in [1.82, 2.24) is 0 Å². The van der Waals surface area contributed by atoms with Crippen LogP contribution in [0.15, 0.2) is 12.7 Å². The van der Waals surface area contributed by atoms with E-state index in [4.69, 9.17) is 4.74 Å². The van der Waals surface area contributed by atoms with Gasteiger partial charge in [-0.1, -0.05) is 13.0 Å². The number of hydrogen-bond donors (Lipinski definition) is 4. The molecule has 0 aliphatic heterocycles. The number of rotatable bonds is 8. The Hall–Kier alpha value is -0.460. The highest BCUT2D eigenvalue weighted by Gasteiger charge is 2.29. The van der Waals surface area contributed by atoms with Crippen molar-refractivity contribution in [3.05, 3.63) is 12.7 Å². The van der Waals surface area contributed by atoms with Gasteiger partial charge in [0.1, 0.15) is 18.3 Å². The van der Waals surface area contributed by atoms with E-state index < -0.39 is 24.4 Å². The second-order valence-electron chi connectivity index (χ2n) is 3.35. The van der Waals surface area contributed by atoms with Crippen LogP contribution < -0.4 is 0 Å². The topological polar surface area (TPSA) is 90.2 Å². The molecule has 0 saturated carbocycles. The third kappa shape index (κ3) is 5.25. The van der Waals surface area contributed by atoms with Gasteiger partial charge in [-0.2, -0.15) is 0 Å². The van der Waals surface area contributed by atoms with E-state index in [-0.39, 0.29) is 13.2 Å². The molecule has 0 aliphatic rings. The Kier molecular flexibility index (Phi) is 7.54. The molecule has 4 N–H and O–H groups in total. The highest BCUT2D eigenvalue weighted by molar-refractivity contribution is 4.80. The van der Waals surface area contributed by atoms with Gasteiger partial charge in [0.05, 0.1) is 19.3 Å². The first-order valence-electron chi connectivity index (χ1n) is 4.95. The van der Waals surface area contributed by atoms with Gasteiger partial charge in [-0.05, 0) is 6.42 Å². The zero-order chi connectivity index (χ0) is 11.8. The minimum atomic E-state index is -1.41. The second-order valence-corrected chi connectivity index (χ2v) is 3.35. The number of ether oxygens (including phenoxy) is 1. The summed E-state index contributed by atoms with van der Waals surface area (Å²) < 4.78 is 4.91. The van der Waals surface area contributed by atoms with Crippen molar-refractivity contribution < 1.29 is 25.2 Å². The first-order chi connectivity index (χ1) is 7.04. The summed E-state index contributed by atoms with van der Waals surface area (Å²) in [4.78, 5) is 0. The van der Waals surface area contributed by atoms with Crippen molar-refractivity contribution in [3.8, 4) is 0 Å². The van der Waals surface area contributed by atoms with E-state index in [0.717, 1.165) is 0 Å². The molecule has 5 nitrogen and oxygen atoms in total. The van der Waals surface area contributed by atoms with Crippen molar-refractivity contribution in [2.45, 2.75) is 37.8 Å². The van der Waals surface area contributed by atoms with Gasteiger partial charge < -0.3 is 25.2 Å². The predicted molar refractivity (Wildman–Crippen MR) is 55.3 cm³/mol. The lowest BCUT2D eigenvalue weighted by Gasteiger charge is -2.25. The summed E-state index contributed by atoms with van der Waals surface area (Å²) in [6.07, 6.45) is -3.23. The van der Waals surface area contributed by atoms with Crippen molar-refractivity contribution in [2.75, 3.05) is 13.2 Å². The molecular formula is C10H20O5. The summed E-state index contributed by atoms with van der Waals surface area (Å²) in [7, 11) is 0. The number of aliphatic hydroxyl groups is 4. The Morgan fingerprint density at radius 2 is 1.67 bits per heavy atom. The van der Waals surface area contributed by atoms with Crippen molar-refractivity contribution in [3.63, 3.8) is 0 Å². The molecule has 0 saturated heterocycles. The van der Waals surface area contributed by atoms with Crippen LogP contribution in [0.3, 0.4) is 0 Å². The molecule has 0 radical (unpaired) electrons. The van der Waals surface area contributed by atoms with E-state index in [1.807, 2.05) is 0 Å². The molecule has 0 aromatic heterocycles. The van der Waals surface area contributed by atoms with Gasteiger partial charge in [-0.25, -0.2) is 0 Å². The summed E-state index contributed by atoms with van der Waals surface area (Å²) in [6, 6.07) is 0. The lowest BCUT2D eigenvalue weighted by atomic mass is 10.0. The summed E-state index contributed by atoms with van der Waals surface area (Å²) in [5, 5.41) is 37.4. The summed E-state index contributed by atoms with van der Waals surface area (Å²) in [5.41, 5.74) is 0. The molecule has 15 heavy (non-hydrogen) atoms. The summed E-state index contributed by atoms with van der Waals surface area (Å²) in [5.74, 6) is 0. The maximum atomic E-state index is 9.42. The third-order valence-corrected chi connectivity index (χ3v) is 2.08. The molecule has 4 atom stereocenters. The predicted octanol–water partition coefficient (Wildman–Crippen LogP) is -0.957. The fourth-order valence-electron chi connectivity index (χ4n) is 1.07. The SMILES string of the molecule is C=CCOCC(O)C(O)C(O)C(O)CC. The van der Waals surface area contributed by atoms with Gasteiger partial charge >= 0.3 is 0 Å². The molecule has 90 valence electrons. The Balaban J connectivity index is 3.95. The summed E-state index contributed by atoms with van der Waals surface area (Å²) in [6.45, 7) is 5.24. The fraction of sp³-hybridized carbons (Fsp3) is 0.800. The second kappa shape index (κ2) is 7.78. The van der Waals surface area contributed by atoms with Crippen LogP contribution in [-0.2, 0) is 4.74 Å². The van der Waals surface area contributed by atoms with E-state index in [1.165, 1.54) is 6.08 Å². The first-order valence-corrected chi connectivity index (χ1v) is 4.95. The van der Waals surface area contributed by atoms with E-state index >= 15 is 0 Å². The molecule has 0 aliphatic carbocycles. The van der Waals surface area contributed by atoms with E-state index in [9.17, 15) is 20.4 Å². The smallest absolute Gasteiger partial charge is 0.110 e. The Morgan fingerprint density at radius 1 is 1.13 bits per heavy atom. The zero-order valence-electron chi connectivity index (χ0n) is 8.91. The van der Waals surface area contributed by atoms with Crippen LogP contribution in [0.25, 0.3) is 0 Å². The van der Waals surface area contributed by atoms with Crippen LogP contribution in [0.4, 0.5) is 0 Å².